The molecule has 0 aliphatic carbocycles. The maximum Gasteiger partial charge on any atom is 0.216 e. The van der Waals surface area contributed by atoms with Gasteiger partial charge in [-0.2, -0.15) is 0 Å². The molecule has 1 aromatic heterocycles. The van der Waals surface area contributed by atoms with Gasteiger partial charge in [-0.1, -0.05) is 0 Å². The number of rotatable bonds is 4. The number of hydrogen-bond acceptors (Lipinski definition) is 5. The standard InChI is InChI=1S/C9H12N2O2S.ClH/c12-8(9-11-3-4-14-9)6-13-7-1-2-10-5-7;/h3-4,7,10H,1-2,5-6H2;1H/t7-;/m0./s1. The van der Waals surface area contributed by atoms with E-state index in [0.29, 0.717) is 5.01 Å². The van der Waals surface area contributed by atoms with Crippen molar-refractivity contribution in [2.75, 3.05) is 19.7 Å². The van der Waals surface area contributed by atoms with Crippen LogP contribution in [-0.4, -0.2) is 36.6 Å². The summed E-state index contributed by atoms with van der Waals surface area (Å²) in [5.74, 6) is -0.0214. The first-order valence-corrected chi connectivity index (χ1v) is 5.49. The Kier molecular flexibility index (Phi) is 5.17. The summed E-state index contributed by atoms with van der Waals surface area (Å²) in [5, 5.41) is 5.52. The molecule has 0 saturated carbocycles. The number of carbonyl (C=O) groups excluding carboxylic acids is 1. The summed E-state index contributed by atoms with van der Waals surface area (Å²) < 4.78 is 5.44. The largest absolute Gasteiger partial charge is 0.369 e. The van der Waals surface area contributed by atoms with Crippen LogP contribution in [0.2, 0.25) is 0 Å². The highest BCUT2D eigenvalue weighted by Gasteiger charge is 2.17. The molecular formula is C9H13ClN2O2S. The zero-order valence-corrected chi connectivity index (χ0v) is 9.77. The lowest BCUT2D eigenvalue weighted by molar-refractivity contribution is 0.0529. The molecule has 15 heavy (non-hydrogen) atoms. The number of halogens is 1. The molecule has 4 nitrogen and oxygen atoms in total. The van der Waals surface area contributed by atoms with Crippen LogP contribution in [0, 0.1) is 0 Å². The van der Waals surface area contributed by atoms with Gasteiger partial charge in [0.2, 0.25) is 5.78 Å². The van der Waals surface area contributed by atoms with E-state index in [0.717, 1.165) is 19.5 Å². The average Bonchev–Trinajstić information content (AvgIpc) is 2.87. The molecule has 0 spiro atoms. The first kappa shape index (κ1) is 12.6. The summed E-state index contributed by atoms with van der Waals surface area (Å²) in [6.45, 7) is 1.99. The van der Waals surface area contributed by atoms with Crippen molar-refractivity contribution in [3.8, 4) is 0 Å². The van der Waals surface area contributed by atoms with Crippen LogP contribution in [0.5, 0.6) is 0 Å². The lowest BCUT2D eigenvalue weighted by Crippen LogP contribution is -2.20. The van der Waals surface area contributed by atoms with Crippen LogP contribution in [0.3, 0.4) is 0 Å². The third kappa shape index (κ3) is 3.53. The first-order valence-electron chi connectivity index (χ1n) is 4.61. The molecule has 0 unspecified atom stereocenters. The van der Waals surface area contributed by atoms with Crippen LogP contribution in [-0.2, 0) is 4.74 Å². The van der Waals surface area contributed by atoms with Crippen LogP contribution in [0.1, 0.15) is 16.2 Å². The molecular weight excluding hydrogens is 236 g/mol. The van der Waals surface area contributed by atoms with Crippen molar-refractivity contribution in [1.82, 2.24) is 10.3 Å². The van der Waals surface area contributed by atoms with Crippen molar-refractivity contribution >= 4 is 29.5 Å². The van der Waals surface area contributed by atoms with Crippen LogP contribution < -0.4 is 5.32 Å². The lowest BCUT2D eigenvalue weighted by Gasteiger charge is -2.07. The molecule has 2 heterocycles. The van der Waals surface area contributed by atoms with Crippen LogP contribution >= 0.6 is 23.7 Å². The predicted octanol–water partition coefficient (Wildman–Crippen LogP) is 1.13. The number of aromatic nitrogens is 1. The fourth-order valence-electron chi connectivity index (χ4n) is 1.39. The molecule has 1 saturated heterocycles. The second kappa shape index (κ2) is 6.17. The predicted molar refractivity (Wildman–Crippen MR) is 60.9 cm³/mol. The van der Waals surface area contributed by atoms with Crippen LogP contribution in [0.4, 0.5) is 0 Å². The molecule has 1 aromatic rings. The Labute approximate surface area is 98.5 Å². The Balaban J connectivity index is 0.00000112. The summed E-state index contributed by atoms with van der Waals surface area (Å²) >= 11 is 1.36. The van der Waals surface area contributed by atoms with E-state index in [2.05, 4.69) is 10.3 Å². The molecule has 0 radical (unpaired) electrons. The number of hydrogen-bond donors (Lipinski definition) is 1. The van der Waals surface area contributed by atoms with Gasteiger partial charge in [-0.05, 0) is 13.0 Å². The Morgan fingerprint density at radius 3 is 3.20 bits per heavy atom. The zero-order chi connectivity index (χ0) is 9.80. The number of nitrogens with zero attached hydrogens (tertiary/aromatic N) is 1. The third-order valence-electron chi connectivity index (χ3n) is 2.14. The lowest BCUT2D eigenvalue weighted by atomic mass is 10.3. The van der Waals surface area contributed by atoms with E-state index >= 15 is 0 Å². The Bertz CT molecular complexity index is 299. The number of thiazole rings is 1. The van der Waals surface area contributed by atoms with Gasteiger partial charge in [0.05, 0.1) is 6.10 Å². The van der Waals surface area contributed by atoms with Gasteiger partial charge < -0.3 is 10.1 Å². The SMILES string of the molecule is Cl.O=C(CO[C@H]1CCNC1)c1nccs1. The molecule has 6 heteroatoms. The minimum atomic E-state index is -0.0214. The highest BCUT2D eigenvalue weighted by molar-refractivity contribution is 7.11. The first-order chi connectivity index (χ1) is 6.86. The van der Waals surface area contributed by atoms with Gasteiger partial charge in [0.15, 0.2) is 5.01 Å². The van der Waals surface area contributed by atoms with E-state index in [1.807, 2.05) is 0 Å². The Morgan fingerprint density at radius 2 is 2.60 bits per heavy atom. The molecule has 1 aliphatic rings. The molecule has 1 N–H and O–H groups in total. The molecule has 0 amide bonds. The monoisotopic (exact) mass is 248 g/mol. The minimum absolute atomic E-state index is 0. The zero-order valence-electron chi connectivity index (χ0n) is 8.14. The van der Waals surface area contributed by atoms with Gasteiger partial charge >= 0.3 is 0 Å². The fraction of sp³-hybridized carbons (Fsp3) is 0.556. The molecule has 84 valence electrons. The van der Waals surface area contributed by atoms with Crippen molar-refractivity contribution in [2.45, 2.75) is 12.5 Å². The van der Waals surface area contributed by atoms with Gasteiger partial charge in [-0.25, -0.2) is 4.98 Å². The summed E-state index contributed by atoms with van der Waals surface area (Å²) in [6, 6.07) is 0. The molecule has 1 atom stereocenters. The second-order valence-corrected chi connectivity index (χ2v) is 4.08. The van der Waals surface area contributed by atoms with E-state index in [-0.39, 0.29) is 30.9 Å². The van der Waals surface area contributed by atoms with E-state index < -0.39 is 0 Å². The topological polar surface area (TPSA) is 51.2 Å². The maximum absolute atomic E-state index is 11.5. The van der Waals surface area contributed by atoms with Gasteiger partial charge in [0.1, 0.15) is 6.61 Å². The van der Waals surface area contributed by atoms with Crippen LogP contribution in [0.15, 0.2) is 11.6 Å². The number of nitrogens with one attached hydrogen (secondary N) is 1. The average molecular weight is 249 g/mol. The molecule has 1 fully saturated rings. The quantitative estimate of drug-likeness (QED) is 0.812. The third-order valence-corrected chi connectivity index (χ3v) is 2.95. The summed E-state index contributed by atoms with van der Waals surface area (Å²) in [5.41, 5.74) is 0. The van der Waals surface area contributed by atoms with E-state index in [1.165, 1.54) is 11.3 Å². The Morgan fingerprint density at radius 1 is 1.73 bits per heavy atom. The summed E-state index contributed by atoms with van der Waals surface area (Å²) in [6.07, 6.45) is 2.82. The van der Waals surface area contributed by atoms with Crippen molar-refractivity contribution in [3.05, 3.63) is 16.6 Å². The molecule has 1 aliphatic heterocycles. The fourth-order valence-corrected chi connectivity index (χ4v) is 1.95. The van der Waals surface area contributed by atoms with Gasteiger partial charge in [-0.15, -0.1) is 23.7 Å². The van der Waals surface area contributed by atoms with Crippen molar-refractivity contribution in [3.63, 3.8) is 0 Å². The molecule has 0 aromatic carbocycles. The smallest absolute Gasteiger partial charge is 0.216 e. The normalized spacial score (nSPS) is 19.9. The van der Waals surface area contributed by atoms with Crippen molar-refractivity contribution < 1.29 is 9.53 Å². The summed E-state index contributed by atoms with van der Waals surface area (Å²) in [4.78, 5) is 15.4. The molecule has 2 rings (SSSR count). The van der Waals surface area contributed by atoms with Crippen molar-refractivity contribution in [1.29, 1.82) is 0 Å². The number of Topliss-reactive ketones (excluding diaryl/α,β-unsaturated/α-hetero) is 1. The number of ketones is 1. The highest BCUT2D eigenvalue weighted by Crippen LogP contribution is 2.07. The minimum Gasteiger partial charge on any atom is -0.369 e. The number of carbonyl (C=O) groups is 1. The van der Waals surface area contributed by atoms with E-state index in [1.54, 1.807) is 11.6 Å². The van der Waals surface area contributed by atoms with Gasteiger partial charge in [0.25, 0.3) is 0 Å². The maximum atomic E-state index is 11.5. The Hall–Kier alpha value is -0.490. The summed E-state index contributed by atoms with van der Waals surface area (Å²) in [7, 11) is 0. The molecule has 0 bridgehead atoms. The number of ether oxygens (including phenoxy) is 1. The van der Waals surface area contributed by atoms with Gasteiger partial charge in [-0.3, -0.25) is 4.79 Å². The van der Waals surface area contributed by atoms with Gasteiger partial charge in [0, 0.05) is 18.1 Å². The second-order valence-electron chi connectivity index (χ2n) is 3.19. The van der Waals surface area contributed by atoms with Crippen molar-refractivity contribution in [2.24, 2.45) is 0 Å². The highest BCUT2D eigenvalue weighted by atomic mass is 35.5. The van der Waals surface area contributed by atoms with E-state index in [9.17, 15) is 4.79 Å². The van der Waals surface area contributed by atoms with Crippen LogP contribution in [0.25, 0.3) is 0 Å². The van der Waals surface area contributed by atoms with E-state index in [4.69, 9.17) is 4.74 Å².